The van der Waals surface area contributed by atoms with Crippen LogP contribution in [0.15, 0.2) is 36.5 Å². The molecule has 1 atom stereocenters. The zero-order valence-electron chi connectivity index (χ0n) is 8.56. The zero-order valence-corrected chi connectivity index (χ0v) is 8.56. The molecule has 0 spiro atoms. The Balaban J connectivity index is 2.05. The summed E-state index contributed by atoms with van der Waals surface area (Å²) in [6, 6.07) is 10.5. The molecule has 0 bridgehead atoms. The van der Waals surface area contributed by atoms with Crippen molar-refractivity contribution in [2.75, 3.05) is 0 Å². The van der Waals surface area contributed by atoms with Crippen molar-refractivity contribution in [2.45, 2.75) is 18.9 Å². The number of hydrogen-bond acceptors (Lipinski definition) is 2. The Hall–Kier alpha value is -1.41. The van der Waals surface area contributed by atoms with Gasteiger partial charge in [-0.25, -0.2) is 0 Å². The van der Waals surface area contributed by atoms with E-state index < -0.39 is 0 Å². The van der Waals surface area contributed by atoms with E-state index in [0.29, 0.717) is 5.92 Å². The standard InChI is InChI=1S/C13H14N2/c14-13(9-5-6-9)11-7-10-3-1-2-4-12(10)15-8-11/h1-4,7-9,13H,5-6,14H2/t13-/m1/s1. The molecule has 3 rings (SSSR count). The highest BCUT2D eigenvalue weighted by atomic mass is 14.7. The van der Waals surface area contributed by atoms with Gasteiger partial charge in [-0.1, -0.05) is 18.2 Å². The molecule has 1 aliphatic carbocycles. The van der Waals surface area contributed by atoms with E-state index in [1.54, 1.807) is 0 Å². The van der Waals surface area contributed by atoms with Crippen molar-refractivity contribution >= 4 is 10.9 Å². The first-order valence-corrected chi connectivity index (χ1v) is 5.45. The van der Waals surface area contributed by atoms with Crippen LogP contribution in [0.1, 0.15) is 24.4 Å². The van der Waals surface area contributed by atoms with Crippen LogP contribution in [0.4, 0.5) is 0 Å². The normalized spacial score (nSPS) is 17.9. The lowest BCUT2D eigenvalue weighted by Crippen LogP contribution is -2.12. The quantitative estimate of drug-likeness (QED) is 0.805. The molecular formula is C13H14N2. The molecule has 1 heterocycles. The van der Waals surface area contributed by atoms with Crippen molar-refractivity contribution in [3.63, 3.8) is 0 Å². The van der Waals surface area contributed by atoms with Crippen molar-refractivity contribution in [2.24, 2.45) is 11.7 Å². The molecule has 2 heteroatoms. The topological polar surface area (TPSA) is 38.9 Å². The molecule has 1 aliphatic rings. The van der Waals surface area contributed by atoms with E-state index in [1.165, 1.54) is 23.8 Å². The Morgan fingerprint density at radius 3 is 2.87 bits per heavy atom. The van der Waals surface area contributed by atoms with Gasteiger partial charge in [-0.15, -0.1) is 0 Å². The van der Waals surface area contributed by atoms with Crippen LogP contribution in [0.5, 0.6) is 0 Å². The van der Waals surface area contributed by atoms with E-state index in [1.807, 2.05) is 24.4 Å². The molecule has 0 amide bonds. The van der Waals surface area contributed by atoms with E-state index in [9.17, 15) is 0 Å². The molecule has 0 aliphatic heterocycles. The second kappa shape index (κ2) is 3.31. The summed E-state index contributed by atoms with van der Waals surface area (Å²) in [6.07, 6.45) is 4.47. The van der Waals surface area contributed by atoms with E-state index in [4.69, 9.17) is 5.73 Å². The monoisotopic (exact) mass is 198 g/mol. The lowest BCUT2D eigenvalue weighted by Gasteiger charge is -2.10. The molecule has 1 aromatic carbocycles. The third kappa shape index (κ3) is 1.61. The van der Waals surface area contributed by atoms with Crippen LogP contribution in [0.25, 0.3) is 10.9 Å². The minimum Gasteiger partial charge on any atom is -0.324 e. The molecule has 1 saturated carbocycles. The van der Waals surface area contributed by atoms with E-state index >= 15 is 0 Å². The third-order valence-electron chi connectivity index (χ3n) is 3.13. The molecule has 76 valence electrons. The van der Waals surface area contributed by atoms with Crippen LogP contribution in [-0.4, -0.2) is 4.98 Å². The third-order valence-corrected chi connectivity index (χ3v) is 3.13. The number of fused-ring (bicyclic) bond motifs is 1. The van der Waals surface area contributed by atoms with Gasteiger partial charge in [-0.05, 0) is 36.5 Å². The van der Waals surface area contributed by atoms with Gasteiger partial charge in [0.15, 0.2) is 0 Å². The molecule has 1 fully saturated rings. The summed E-state index contributed by atoms with van der Waals surface area (Å²) in [5.74, 6) is 0.688. The highest BCUT2D eigenvalue weighted by Gasteiger charge is 2.29. The van der Waals surface area contributed by atoms with E-state index in [0.717, 1.165) is 5.52 Å². The Morgan fingerprint density at radius 2 is 2.07 bits per heavy atom. The predicted octanol–water partition coefficient (Wildman–Crippen LogP) is 2.64. The zero-order chi connectivity index (χ0) is 10.3. The SMILES string of the molecule is N[C@@H](c1cnc2ccccc2c1)C1CC1. The van der Waals surface area contributed by atoms with Crippen molar-refractivity contribution < 1.29 is 0 Å². The van der Waals surface area contributed by atoms with E-state index in [2.05, 4.69) is 17.1 Å². The number of para-hydroxylation sites is 1. The van der Waals surface area contributed by atoms with Crippen LogP contribution in [0.3, 0.4) is 0 Å². The molecule has 0 saturated heterocycles. The van der Waals surface area contributed by atoms with Crippen LogP contribution in [0.2, 0.25) is 0 Å². The minimum atomic E-state index is 0.183. The fourth-order valence-electron chi connectivity index (χ4n) is 2.00. The summed E-state index contributed by atoms with van der Waals surface area (Å²) in [6.45, 7) is 0. The highest BCUT2D eigenvalue weighted by molar-refractivity contribution is 5.78. The summed E-state index contributed by atoms with van der Waals surface area (Å²) >= 11 is 0. The first-order valence-electron chi connectivity index (χ1n) is 5.45. The lowest BCUT2D eigenvalue weighted by atomic mass is 10.0. The van der Waals surface area contributed by atoms with Crippen LogP contribution < -0.4 is 5.73 Å². The second-order valence-corrected chi connectivity index (χ2v) is 4.32. The number of pyridine rings is 1. The Kier molecular flexibility index (Phi) is 1.96. The molecule has 15 heavy (non-hydrogen) atoms. The largest absolute Gasteiger partial charge is 0.324 e. The minimum absolute atomic E-state index is 0.183. The maximum atomic E-state index is 6.15. The van der Waals surface area contributed by atoms with Gasteiger partial charge in [0.2, 0.25) is 0 Å². The van der Waals surface area contributed by atoms with Crippen LogP contribution in [-0.2, 0) is 0 Å². The molecule has 2 nitrogen and oxygen atoms in total. The summed E-state index contributed by atoms with van der Waals surface area (Å²) in [4.78, 5) is 4.43. The Morgan fingerprint density at radius 1 is 1.27 bits per heavy atom. The molecule has 0 unspecified atom stereocenters. The number of nitrogens with two attached hydrogens (primary N) is 1. The van der Waals surface area contributed by atoms with Crippen LogP contribution in [0, 0.1) is 5.92 Å². The first kappa shape index (κ1) is 8.86. The lowest BCUT2D eigenvalue weighted by molar-refractivity contribution is 0.632. The van der Waals surface area contributed by atoms with Crippen molar-refractivity contribution in [3.05, 3.63) is 42.1 Å². The van der Waals surface area contributed by atoms with Crippen LogP contribution >= 0.6 is 0 Å². The maximum Gasteiger partial charge on any atom is 0.0702 e. The van der Waals surface area contributed by atoms with Gasteiger partial charge in [0.25, 0.3) is 0 Å². The average molecular weight is 198 g/mol. The second-order valence-electron chi connectivity index (χ2n) is 4.32. The number of nitrogens with zero attached hydrogens (tertiary/aromatic N) is 1. The predicted molar refractivity (Wildman–Crippen MR) is 61.4 cm³/mol. The fraction of sp³-hybridized carbons (Fsp3) is 0.308. The number of benzene rings is 1. The number of hydrogen-bond donors (Lipinski definition) is 1. The van der Waals surface area contributed by atoms with Gasteiger partial charge < -0.3 is 5.73 Å². The molecule has 0 radical (unpaired) electrons. The number of rotatable bonds is 2. The fourth-order valence-corrected chi connectivity index (χ4v) is 2.00. The molecule has 2 aromatic rings. The Bertz CT molecular complexity index is 489. The van der Waals surface area contributed by atoms with Gasteiger partial charge in [0.1, 0.15) is 0 Å². The highest BCUT2D eigenvalue weighted by Crippen LogP contribution is 2.39. The molecular weight excluding hydrogens is 184 g/mol. The van der Waals surface area contributed by atoms with Crippen molar-refractivity contribution in [1.82, 2.24) is 4.98 Å². The average Bonchev–Trinajstić information content (AvgIpc) is 3.11. The summed E-state index contributed by atoms with van der Waals surface area (Å²) in [7, 11) is 0. The van der Waals surface area contributed by atoms with Gasteiger partial charge in [-0.3, -0.25) is 4.98 Å². The van der Waals surface area contributed by atoms with Crippen molar-refractivity contribution in [1.29, 1.82) is 0 Å². The summed E-state index contributed by atoms with van der Waals surface area (Å²) in [5.41, 5.74) is 8.37. The maximum absolute atomic E-state index is 6.15. The van der Waals surface area contributed by atoms with E-state index in [-0.39, 0.29) is 6.04 Å². The first-order chi connectivity index (χ1) is 7.34. The van der Waals surface area contributed by atoms with Gasteiger partial charge in [0.05, 0.1) is 5.52 Å². The van der Waals surface area contributed by atoms with Gasteiger partial charge >= 0.3 is 0 Å². The number of aromatic nitrogens is 1. The molecule has 1 aromatic heterocycles. The van der Waals surface area contributed by atoms with Gasteiger partial charge in [0, 0.05) is 17.6 Å². The van der Waals surface area contributed by atoms with Crippen molar-refractivity contribution in [3.8, 4) is 0 Å². The Labute approximate surface area is 89.1 Å². The smallest absolute Gasteiger partial charge is 0.0702 e. The van der Waals surface area contributed by atoms with Gasteiger partial charge in [-0.2, -0.15) is 0 Å². The summed E-state index contributed by atoms with van der Waals surface area (Å²) in [5, 5.41) is 1.19. The molecule has 2 N–H and O–H groups in total. The summed E-state index contributed by atoms with van der Waals surface area (Å²) < 4.78 is 0.